The summed E-state index contributed by atoms with van der Waals surface area (Å²) in [6.07, 6.45) is 3.48. The van der Waals surface area contributed by atoms with Gasteiger partial charge in [0.25, 0.3) is 0 Å². The van der Waals surface area contributed by atoms with Gasteiger partial charge in [0.15, 0.2) is 5.78 Å². The SMILES string of the molecule is CC(C)Sc1ccc(C(=O)C(C)N2CCN(C(=O)C=Cc3ccccc3)CC2)cc1.Cl. The average molecular weight is 459 g/mol. The number of nitrogens with zero attached hydrogens (tertiary/aromatic N) is 2. The highest BCUT2D eigenvalue weighted by atomic mass is 35.5. The molecule has 1 saturated heterocycles. The fourth-order valence-electron chi connectivity index (χ4n) is 3.54. The van der Waals surface area contributed by atoms with Gasteiger partial charge in [-0.3, -0.25) is 14.5 Å². The van der Waals surface area contributed by atoms with Gasteiger partial charge < -0.3 is 4.90 Å². The van der Waals surface area contributed by atoms with Crippen molar-refractivity contribution in [2.45, 2.75) is 37.0 Å². The van der Waals surface area contributed by atoms with Crippen LogP contribution in [0.3, 0.4) is 0 Å². The van der Waals surface area contributed by atoms with Gasteiger partial charge in [-0.1, -0.05) is 56.3 Å². The third-order valence-corrected chi connectivity index (χ3v) is 6.30. The van der Waals surface area contributed by atoms with Crippen molar-refractivity contribution >= 4 is 41.9 Å². The zero-order chi connectivity index (χ0) is 21.5. The molecular formula is C25H31ClN2O2S. The van der Waals surface area contributed by atoms with Crippen molar-refractivity contribution in [3.63, 3.8) is 0 Å². The van der Waals surface area contributed by atoms with E-state index in [-0.39, 0.29) is 30.1 Å². The molecule has 3 rings (SSSR count). The number of hydrogen-bond acceptors (Lipinski definition) is 4. The number of benzene rings is 2. The zero-order valence-corrected chi connectivity index (χ0v) is 20.0. The lowest BCUT2D eigenvalue weighted by Crippen LogP contribution is -2.52. The van der Waals surface area contributed by atoms with Gasteiger partial charge in [-0.05, 0) is 30.7 Å². The highest BCUT2D eigenvalue weighted by molar-refractivity contribution is 7.99. The van der Waals surface area contributed by atoms with Crippen molar-refractivity contribution in [2.75, 3.05) is 26.2 Å². The maximum atomic E-state index is 12.9. The fourth-order valence-corrected chi connectivity index (χ4v) is 4.38. The molecule has 2 aromatic carbocycles. The van der Waals surface area contributed by atoms with E-state index in [0.29, 0.717) is 31.4 Å². The summed E-state index contributed by atoms with van der Waals surface area (Å²) in [5.41, 5.74) is 1.77. The van der Waals surface area contributed by atoms with Crippen molar-refractivity contribution in [2.24, 2.45) is 0 Å². The number of Topliss-reactive ketones (excluding diaryl/α,β-unsaturated/α-hetero) is 1. The Kier molecular flexibility index (Phi) is 9.82. The molecule has 1 unspecified atom stereocenters. The Hall–Kier alpha value is -2.08. The van der Waals surface area contributed by atoms with E-state index in [1.54, 1.807) is 17.8 Å². The fraction of sp³-hybridized carbons (Fsp3) is 0.360. The van der Waals surface area contributed by atoms with Crippen LogP contribution in [0.2, 0.25) is 0 Å². The van der Waals surface area contributed by atoms with Crippen molar-refractivity contribution < 1.29 is 9.59 Å². The summed E-state index contributed by atoms with van der Waals surface area (Å²) in [5.74, 6) is 0.163. The van der Waals surface area contributed by atoms with Gasteiger partial charge in [-0.2, -0.15) is 0 Å². The first-order valence-corrected chi connectivity index (χ1v) is 11.4. The number of halogens is 1. The summed E-state index contributed by atoms with van der Waals surface area (Å²) in [5, 5.41) is 0.520. The number of ketones is 1. The molecule has 1 amide bonds. The average Bonchev–Trinajstić information content (AvgIpc) is 2.77. The van der Waals surface area contributed by atoms with Gasteiger partial charge in [0.1, 0.15) is 0 Å². The molecule has 166 valence electrons. The molecule has 0 bridgehead atoms. The molecule has 0 N–H and O–H groups in total. The van der Waals surface area contributed by atoms with Crippen LogP contribution >= 0.6 is 24.2 Å². The van der Waals surface area contributed by atoms with Crippen LogP contribution in [0.4, 0.5) is 0 Å². The first-order chi connectivity index (χ1) is 14.4. The molecule has 6 heteroatoms. The lowest BCUT2D eigenvalue weighted by Gasteiger charge is -2.37. The summed E-state index contributed by atoms with van der Waals surface area (Å²) in [6.45, 7) is 8.98. The van der Waals surface area contributed by atoms with Crippen LogP contribution < -0.4 is 0 Å². The Labute approximate surface area is 196 Å². The lowest BCUT2D eigenvalue weighted by atomic mass is 10.0. The van der Waals surface area contributed by atoms with Crippen molar-refractivity contribution in [1.29, 1.82) is 0 Å². The van der Waals surface area contributed by atoms with Gasteiger partial charge in [0, 0.05) is 48.0 Å². The van der Waals surface area contributed by atoms with Crippen LogP contribution in [0.5, 0.6) is 0 Å². The number of carbonyl (C=O) groups excluding carboxylic acids is 2. The van der Waals surface area contributed by atoms with Crippen LogP contribution in [-0.2, 0) is 4.79 Å². The van der Waals surface area contributed by atoms with E-state index in [1.165, 1.54) is 4.90 Å². The Bertz CT molecular complexity index is 876. The van der Waals surface area contributed by atoms with E-state index in [0.717, 1.165) is 11.1 Å². The van der Waals surface area contributed by atoms with Crippen LogP contribution in [0.1, 0.15) is 36.7 Å². The third-order valence-electron chi connectivity index (χ3n) is 5.28. The quantitative estimate of drug-likeness (QED) is 0.331. The van der Waals surface area contributed by atoms with Crippen molar-refractivity contribution in [3.05, 3.63) is 71.8 Å². The highest BCUT2D eigenvalue weighted by Crippen LogP contribution is 2.23. The normalized spacial score (nSPS) is 15.7. The van der Waals surface area contributed by atoms with Crippen LogP contribution in [0, 0.1) is 0 Å². The number of rotatable bonds is 7. The van der Waals surface area contributed by atoms with Crippen molar-refractivity contribution in [1.82, 2.24) is 9.80 Å². The second-order valence-electron chi connectivity index (χ2n) is 7.84. The predicted octanol–water partition coefficient (Wildman–Crippen LogP) is 5.04. The molecule has 0 saturated carbocycles. The van der Waals surface area contributed by atoms with E-state index in [2.05, 4.69) is 18.7 Å². The molecule has 1 atom stereocenters. The molecule has 4 nitrogen and oxygen atoms in total. The number of amides is 1. The Balaban J connectivity index is 0.00000341. The molecule has 2 aromatic rings. The Morgan fingerprint density at radius 1 is 0.903 bits per heavy atom. The number of carbonyl (C=O) groups is 2. The summed E-state index contributed by atoms with van der Waals surface area (Å²) < 4.78 is 0. The molecule has 1 aliphatic heterocycles. The smallest absolute Gasteiger partial charge is 0.246 e. The predicted molar refractivity (Wildman–Crippen MR) is 132 cm³/mol. The minimum absolute atomic E-state index is 0. The monoisotopic (exact) mass is 458 g/mol. The molecule has 31 heavy (non-hydrogen) atoms. The molecule has 0 aliphatic carbocycles. The van der Waals surface area contributed by atoms with Crippen molar-refractivity contribution in [3.8, 4) is 0 Å². The van der Waals surface area contributed by atoms with E-state index >= 15 is 0 Å². The minimum Gasteiger partial charge on any atom is -0.337 e. The van der Waals surface area contributed by atoms with E-state index < -0.39 is 0 Å². The number of piperazine rings is 1. The Morgan fingerprint density at radius 3 is 2.10 bits per heavy atom. The summed E-state index contributed by atoms with van der Waals surface area (Å²) in [7, 11) is 0. The van der Waals surface area contributed by atoms with Crippen LogP contribution in [0.15, 0.2) is 65.6 Å². The standard InChI is InChI=1S/C25H30N2O2S.ClH/c1-19(2)30-23-12-10-22(11-13-23)25(29)20(3)26-15-17-27(18-16-26)24(28)14-9-21-7-5-4-6-8-21;/h4-14,19-20H,15-18H2,1-3H3;1H. The third kappa shape index (κ3) is 7.23. The molecule has 0 spiro atoms. The molecule has 0 radical (unpaired) electrons. The number of hydrogen-bond donors (Lipinski definition) is 0. The molecule has 1 fully saturated rings. The van der Waals surface area contributed by atoms with E-state index in [4.69, 9.17) is 0 Å². The summed E-state index contributed by atoms with van der Waals surface area (Å²) >= 11 is 1.80. The van der Waals surface area contributed by atoms with Gasteiger partial charge in [-0.15, -0.1) is 24.2 Å². The lowest BCUT2D eigenvalue weighted by molar-refractivity contribution is -0.127. The second-order valence-corrected chi connectivity index (χ2v) is 9.49. The van der Waals surface area contributed by atoms with Gasteiger partial charge in [0.2, 0.25) is 5.91 Å². The van der Waals surface area contributed by atoms with E-state index in [9.17, 15) is 9.59 Å². The van der Waals surface area contributed by atoms with Gasteiger partial charge in [-0.25, -0.2) is 0 Å². The molecule has 0 aromatic heterocycles. The zero-order valence-electron chi connectivity index (χ0n) is 18.4. The number of thioether (sulfide) groups is 1. The topological polar surface area (TPSA) is 40.6 Å². The first-order valence-electron chi connectivity index (χ1n) is 10.5. The maximum absolute atomic E-state index is 12.9. The largest absolute Gasteiger partial charge is 0.337 e. The van der Waals surface area contributed by atoms with Gasteiger partial charge >= 0.3 is 0 Å². The molecule has 1 aliphatic rings. The van der Waals surface area contributed by atoms with E-state index in [1.807, 2.05) is 72.5 Å². The van der Waals surface area contributed by atoms with Crippen LogP contribution in [-0.4, -0.2) is 59.0 Å². The maximum Gasteiger partial charge on any atom is 0.246 e. The molecule has 1 heterocycles. The second kappa shape index (κ2) is 12.1. The minimum atomic E-state index is -0.189. The summed E-state index contributed by atoms with van der Waals surface area (Å²) in [6, 6.07) is 17.5. The first kappa shape index (κ1) is 25.2. The van der Waals surface area contributed by atoms with Gasteiger partial charge in [0.05, 0.1) is 6.04 Å². The highest BCUT2D eigenvalue weighted by Gasteiger charge is 2.27. The Morgan fingerprint density at radius 2 is 1.52 bits per heavy atom. The summed E-state index contributed by atoms with van der Waals surface area (Å²) in [4.78, 5) is 30.6. The van der Waals surface area contributed by atoms with Crippen LogP contribution in [0.25, 0.3) is 6.08 Å². The molecular weight excluding hydrogens is 428 g/mol.